The maximum absolute atomic E-state index is 10.8. The number of hydrogen-bond donors (Lipinski definition) is 2. The van der Waals surface area contributed by atoms with E-state index in [1.54, 1.807) is 0 Å². The topological polar surface area (TPSA) is 74.6 Å². The lowest BCUT2D eigenvalue weighted by Gasteiger charge is -2.07. The lowest BCUT2D eigenvalue weighted by atomic mass is 10.1. The van der Waals surface area contributed by atoms with E-state index in [-0.39, 0.29) is 15.1 Å². The molecule has 0 unspecified atom stereocenters. The summed E-state index contributed by atoms with van der Waals surface area (Å²) in [7, 11) is 0. The second-order valence-electron chi connectivity index (χ2n) is 2.51. The Bertz CT molecular complexity index is 420. The molecular weight excluding hydrogens is 311 g/mol. The summed E-state index contributed by atoms with van der Waals surface area (Å²) in [6.07, 6.45) is 0. The van der Waals surface area contributed by atoms with Crippen molar-refractivity contribution in [3.05, 3.63) is 31.7 Å². The number of rotatable bonds is 2. The molecule has 1 rings (SSSR count). The highest BCUT2D eigenvalue weighted by atomic mass is 79.9. The second-order valence-corrected chi connectivity index (χ2v) is 4.15. The smallest absolute Gasteiger partial charge is 0.338 e. The van der Waals surface area contributed by atoms with Gasteiger partial charge in [-0.05, 0) is 22.0 Å². The molecule has 1 aromatic rings. The Hall–Kier alpha value is -0.780. The van der Waals surface area contributed by atoms with Gasteiger partial charge in [-0.25, -0.2) is 9.59 Å². The van der Waals surface area contributed by atoms with Gasteiger partial charge < -0.3 is 10.2 Å². The summed E-state index contributed by atoms with van der Waals surface area (Å²) in [5, 5.41) is 17.0. The molecule has 0 aliphatic rings. The van der Waals surface area contributed by atoms with Crippen molar-refractivity contribution in [3.8, 4) is 0 Å². The number of aromatic carboxylic acids is 2. The molecule has 0 heterocycles. The van der Waals surface area contributed by atoms with Crippen LogP contribution in [0.15, 0.2) is 10.5 Å². The van der Waals surface area contributed by atoms with Gasteiger partial charge in [-0.2, -0.15) is 0 Å². The van der Waals surface area contributed by atoms with Crippen molar-refractivity contribution in [2.75, 3.05) is 0 Å². The number of carboxylic acids is 2. The number of carbonyl (C=O) groups is 2. The lowest BCUT2D eigenvalue weighted by Crippen LogP contribution is -2.06. The van der Waals surface area contributed by atoms with Gasteiger partial charge in [0.15, 0.2) is 0 Å². The van der Waals surface area contributed by atoms with Crippen LogP contribution in [0.25, 0.3) is 0 Å². The van der Waals surface area contributed by atoms with Crippen LogP contribution in [0.2, 0.25) is 10.0 Å². The molecule has 1 aromatic carbocycles. The Morgan fingerprint density at radius 1 is 1.13 bits per heavy atom. The molecule has 0 spiro atoms. The Balaban J connectivity index is 3.64. The van der Waals surface area contributed by atoms with Crippen molar-refractivity contribution in [1.82, 2.24) is 0 Å². The van der Waals surface area contributed by atoms with Crippen LogP contribution < -0.4 is 0 Å². The molecule has 0 atom stereocenters. The Morgan fingerprint density at radius 3 is 2.00 bits per heavy atom. The van der Waals surface area contributed by atoms with E-state index in [4.69, 9.17) is 33.4 Å². The summed E-state index contributed by atoms with van der Waals surface area (Å²) in [5.41, 5.74) is -0.739. The van der Waals surface area contributed by atoms with Gasteiger partial charge in [0.1, 0.15) is 0 Å². The zero-order chi connectivity index (χ0) is 11.7. The van der Waals surface area contributed by atoms with Gasteiger partial charge in [-0.1, -0.05) is 23.2 Å². The zero-order valence-corrected chi connectivity index (χ0v) is 10.0. The number of halogens is 3. The van der Waals surface area contributed by atoms with Gasteiger partial charge in [0, 0.05) is 4.47 Å². The summed E-state index contributed by atoms with van der Waals surface area (Å²) in [4.78, 5) is 21.5. The first-order valence-electron chi connectivity index (χ1n) is 3.50. The molecule has 7 heteroatoms. The minimum atomic E-state index is -1.37. The predicted molar refractivity (Wildman–Crippen MR) is 58.1 cm³/mol. The van der Waals surface area contributed by atoms with Gasteiger partial charge in [0.05, 0.1) is 21.2 Å². The third-order valence-corrected chi connectivity index (χ3v) is 2.90. The summed E-state index contributed by atoms with van der Waals surface area (Å²) in [6.45, 7) is 0. The molecule has 15 heavy (non-hydrogen) atoms. The van der Waals surface area contributed by atoms with Gasteiger partial charge in [0.25, 0.3) is 0 Å². The van der Waals surface area contributed by atoms with Crippen molar-refractivity contribution in [1.29, 1.82) is 0 Å². The minimum absolute atomic E-state index is 0.121. The highest BCUT2D eigenvalue weighted by molar-refractivity contribution is 9.10. The number of carboxylic acid groups (broad SMARTS) is 2. The average Bonchev–Trinajstić information content (AvgIpc) is 1.99. The molecule has 0 amide bonds. The minimum Gasteiger partial charge on any atom is -0.478 e. The van der Waals surface area contributed by atoms with Crippen LogP contribution in [-0.2, 0) is 0 Å². The largest absolute Gasteiger partial charge is 0.478 e. The van der Waals surface area contributed by atoms with Crippen molar-refractivity contribution >= 4 is 51.1 Å². The Morgan fingerprint density at radius 2 is 1.60 bits per heavy atom. The van der Waals surface area contributed by atoms with Crippen LogP contribution >= 0.6 is 39.1 Å². The molecule has 0 fully saturated rings. The average molecular weight is 314 g/mol. The van der Waals surface area contributed by atoms with E-state index >= 15 is 0 Å². The van der Waals surface area contributed by atoms with E-state index in [1.807, 2.05) is 0 Å². The molecule has 0 saturated heterocycles. The lowest BCUT2D eigenvalue weighted by molar-refractivity contribution is 0.0695. The fourth-order valence-electron chi connectivity index (χ4n) is 0.982. The molecule has 0 bridgehead atoms. The van der Waals surface area contributed by atoms with Gasteiger partial charge in [0.2, 0.25) is 0 Å². The second kappa shape index (κ2) is 4.38. The fraction of sp³-hybridized carbons (Fsp3) is 0. The monoisotopic (exact) mass is 312 g/mol. The highest BCUT2D eigenvalue weighted by Crippen LogP contribution is 2.34. The normalized spacial score (nSPS) is 10.1. The van der Waals surface area contributed by atoms with Crippen LogP contribution in [-0.4, -0.2) is 22.2 Å². The van der Waals surface area contributed by atoms with Crippen LogP contribution in [0.5, 0.6) is 0 Å². The first-order valence-corrected chi connectivity index (χ1v) is 5.05. The SMILES string of the molecule is O=C(O)c1c(Cl)cc(Br)c(C(=O)O)c1Cl. The van der Waals surface area contributed by atoms with Crippen LogP contribution in [0, 0.1) is 0 Å². The fourth-order valence-corrected chi connectivity index (χ4v) is 2.52. The van der Waals surface area contributed by atoms with Gasteiger partial charge >= 0.3 is 11.9 Å². The molecule has 4 nitrogen and oxygen atoms in total. The standard InChI is InChI=1S/C8H3BrCl2O4/c9-2-1-3(10)5(8(14)15)6(11)4(2)7(12)13/h1H,(H,12,13)(H,14,15). The van der Waals surface area contributed by atoms with Crippen molar-refractivity contribution in [2.24, 2.45) is 0 Å². The molecule has 0 aliphatic carbocycles. The van der Waals surface area contributed by atoms with Crippen LogP contribution in [0.1, 0.15) is 20.7 Å². The van der Waals surface area contributed by atoms with Gasteiger partial charge in [-0.15, -0.1) is 0 Å². The molecule has 2 N–H and O–H groups in total. The van der Waals surface area contributed by atoms with Gasteiger partial charge in [-0.3, -0.25) is 0 Å². The van der Waals surface area contributed by atoms with Crippen molar-refractivity contribution < 1.29 is 19.8 Å². The number of benzene rings is 1. The first-order chi connectivity index (χ1) is 6.86. The van der Waals surface area contributed by atoms with Crippen LogP contribution in [0.3, 0.4) is 0 Å². The summed E-state index contributed by atoms with van der Waals surface area (Å²) in [5.74, 6) is -2.70. The van der Waals surface area contributed by atoms with E-state index in [2.05, 4.69) is 15.9 Å². The van der Waals surface area contributed by atoms with Crippen molar-refractivity contribution in [2.45, 2.75) is 0 Å². The Labute approximate surface area is 103 Å². The van der Waals surface area contributed by atoms with E-state index in [0.29, 0.717) is 0 Å². The molecule has 0 aliphatic heterocycles. The van der Waals surface area contributed by atoms with Crippen molar-refractivity contribution in [3.63, 3.8) is 0 Å². The zero-order valence-electron chi connectivity index (χ0n) is 6.92. The quantitative estimate of drug-likeness (QED) is 0.879. The third kappa shape index (κ3) is 2.25. The van der Waals surface area contributed by atoms with E-state index in [1.165, 1.54) is 6.07 Å². The first kappa shape index (κ1) is 12.3. The molecular formula is C8H3BrCl2O4. The van der Waals surface area contributed by atoms with E-state index in [9.17, 15) is 9.59 Å². The summed E-state index contributed by atoms with van der Waals surface area (Å²) in [6, 6.07) is 1.18. The Kier molecular flexibility index (Phi) is 3.59. The molecule has 0 radical (unpaired) electrons. The maximum Gasteiger partial charge on any atom is 0.338 e. The third-order valence-electron chi connectivity index (χ3n) is 1.60. The van der Waals surface area contributed by atoms with E-state index < -0.39 is 22.5 Å². The number of hydrogen-bond acceptors (Lipinski definition) is 2. The van der Waals surface area contributed by atoms with E-state index in [0.717, 1.165) is 0 Å². The predicted octanol–water partition coefficient (Wildman–Crippen LogP) is 3.15. The molecule has 0 saturated carbocycles. The molecule has 80 valence electrons. The maximum atomic E-state index is 10.8. The van der Waals surface area contributed by atoms with Crippen LogP contribution in [0.4, 0.5) is 0 Å². The molecule has 0 aromatic heterocycles. The highest BCUT2D eigenvalue weighted by Gasteiger charge is 2.23. The summed E-state index contributed by atoms with van der Waals surface area (Å²) >= 11 is 14.2. The summed E-state index contributed by atoms with van der Waals surface area (Å²) < 4.78 is 0.134.